The van der Waals surface area contributed by atoms with Gasteiger partial charge < -0.3 is 0 Å². The van der Waals surface area contributed by atoms with Crippen molar-refractivity contribution in [3.05, 3.63) is 64.4 Å². The zero-order chi connectivity index (χ0) is 15.5. The highest BCUT2D eigenvalue weighted by atomic mass is 35.5. The van der Waals surface area contributed by atoms with Gasteiger partial charge >= 0.3 is 0 Å². The smallest absolute Gasteiger partial charge is 0.0993 e. The molecule has 0 saturated carbocycles. The van der Waals surface area contributed by atoms with E-state index in [1.54, 1.807) is 18.3 Å². The molecule has 0 saturated heterocycles. The van der Waals surface area contributed by atoms with E-state index in [2.05, 4.69) is 16.0 Å². The van der Waals surface area contributed by atoms with Gasteiger partial charge in [0.15, 0.2) is 0 Å². The Labute approximate surface area is 138 Å². The van der Waals surface area contributed by atoms with Crippen LogP contribution in [0.3, 0.4) is 0 Å². The lowest BCUT2D eigenvalue weighted by molar-refractivity contribution is 1.11. The molecule has 108 valence electrons. The molecule has 0 spiro atoms. The van der Waals surface area contributed by atoms with Crippen LogP contribution in [-0.4, -0.2) is 9.97 Å². The van der Waals surface area contributed by atoms with Crippen LogP contribution in [0.2, 0.25) is 5.02 Å². The maximum Gasteiger partial charge on any atom is 0.0993 e. The number of aryl methyl sites for hydroxylation is 1. The molecule has 5 heteroatoms. The van der Waals surface area contributed by atoms with E-state index in [4.69, 9.17) is 16.9 Å². The summed E-state index contributed by atoms with van der Waals surface area (Å²) in [5.41, 5.74) is 3.43. The summed E-state index contributed by atoms with van der Waals surface area (Å²) in [6.45, 7) is 2.01. The largest absolute Gasteiger partial charge is 0.250 e. The number of para-hydroxylation sites is 1. The van der Waals surface area contributed by atoms with Crippen molar-refractivity contribution < 1.29 is 0 Å². The Morgan fingerprint density at radius 1 is 1.27 bits per heavy atom. The molecule has 1 aromatic carbocycles. The molecule has 2 aromatic heterocycles. The quantitative estimate of drug-likeness (QED) is 0.652. The SMILES string of the molecule is Cc1c(Cl)c(CSc2cc(C#N)ccn2)nc2ccccc12. The van der Waals surface area contributed by atoms with Crippen molar-refractivity contribution in [1.29, 1.82) is 5.26 Å². The van der Waals surface area contributed by atoms with Crippen LogP contribution >= 0.6 is 23.4 Å². The van der Waals surface area contributed by atoms with Gasteiger partial charge in [0.05, 0.1) is 32.9 Å². The number of fused-ring (bicyclic) bond motifs is 1. The molecule has 0 unspecified atom stereocenters. The fourth-order valence-corrected chi connectivity index (χ4v) is 3.34. The number of hydrogen-bond donors (Lipinski definition) is 0. The van der Waals surface area contributed by atoms with Crippen LogP contribution in [-0.2, 0) is 5.75 Å². The molecule has 0 radical (unpaired) electrons. The van der Waals surface area contributed by atoms with Gasteiger partial charge in [0, 0.05) is 17.3 Å². The van der Waals surface area contributed by atoms with Gasteiger partial charge in [0.25, 0.3) is 0 Å². The van der Waals surface area contributed by atoms with Gasteiger partial charge in [-0.15, -0.1) is 0 Å². The average molecular weight is 326 g/mol. The van der Waals surface area contributed by atoms with E-state index in [0.717, 1.165) is 27.2 Å². The van der Waals surface area contributed by atoms with Crippen molar-refractivity contribution in [1.82, 2.24) is 9.97 Å². The van der Waals surface area contributed by atoms with E-state index < -0.39 is 0 Å². The van der Waals surface area contributed by atoms with Crippen LogP contribution in [0.4, 0.5) is 0 Å². The first-order valence-electron chi connectivity index (χ1n) is 6.71. The molecule has 0 aliphatic rings. The summed E-state index contributed by atoms with van der Waals surface area (Å²) in [5.74, 6) is 0.617. The van der Waals surface area contributed by atoms with Crippen molar-refractivity contribution in [3.63, 3.8) is 0 Å². The molecule has 2 heterocycles. The number of halogens is 1. The second-order valence-corrected chi connectivity index (χ2v) is 6.17. The molecule has 3 aromatic rings. The highest BCUT2D eigenvalue weighted by Gasteiger charge is 2.11. The summed E-state index contributed by atoms with van der Waals surface area (Å²) in [6, 6.07) is 13.5. The Morgan fingerprint density at radius 2 is 2.09 bits per heavy atom. The first-order chi connectivity index (χ1) is 10.7. The first-order valence-corrected chi connectivity index (χ1v) is 8.08. The molecule has 0 fully saturated rings. The average Bonchev–Trinajstić information content (AvgIpc) is 2.57. The number of thioether (sulfide) groups is 1. The summed E-state index contributed by atoms with van der Waals surface area (Å²) in [5, 5.41) is 11.5. The molecule has 3 nitrogen and oxygen atoms in total. The van der Waals surface area contributed by atoms with Gasteiger partial charge in [-0.25, -0.2) is 4.98 Å². The topological polar surface area (TPSA) is 49.6 Å². The lowest BCUT2D eigenvalue weighted by Gasteiger charge is -2.09. The van der Waals surface area contributed by atoms with Crippen LogP contribution in [0.5, 0.6) is 0 Å². The van der Waals surface area contributed by atoms with Crippen LogP contribution in [0.25, 0.3) is 10.9 Å². The molecule has 0 bridgehead atoms. The zero-order valence-corrected chi connectivity index (χ0v) is 13.4. The summed E-state index contributed by atoms with van der Waals surface area (Å²) in [6.07, 6.45) is 1.64. The van der Waals surface area contributed by atoms with Crippen LogP contribution < -0.4 is 0 Å². The second kappa shape index (κ2) is 6.35. The van der Waals surface area contributed by atoms with Crippen LogP contribution in [0.1, 0.15) is 16.8 Å². The van der Waals surface area contributed by atoms with Gasteiger partial charge in [-0.05, 0) is 30.7 Å². The molecule has 0 atom stereocenters. The van der Waals surface area contributed by atoms with Crippen molar-refractivity contribution in [3.8, 4) is 6.07 Å². The predicted octanol–water partition coefficient (Wildman–Crippen LogP) is 4.76. The molecule has 0 amide bonds. The summed E-state index contributed by atoms with van der Waals surface area (Å²) < 4.78 is 0. The normalized spacial score (nSPS) is 10.6. The Morgan fingerprint density at radius 3 is 2.91 bits per heavy atom. The molecular formula is C17H12ClN3S. The molecule has 22 heavy (non-hydrogen) atoms. The predicted molar refractivity (Wildman–Crippen MR) is 90.0 cm³/mol. The highest BCUT2D eigenvalue weighted by Crippen LogP contribution is 2.30. The lowest BCUT2D eigenvalue weighted by Crippen LogP contribution is -1.94. The summed E-state index contributed by atoms with van der Waals surface area (Å²) >= 11 is 7.97. The van der Waals surface area contributed by atoms with Gasteiger partial charge in [0.1, 0.15) is 0 Å². The zero-order valence-electron chi connectivity index (χ0n) is 11.9. The third kappa shape index (κ3) is 2.92. The van der Waals surface area contributed by atoms with Gasteiger partial charge in [0.2, 0.25) is 0 Å². The van der Waals surface area contributed by atoms with Gasteiger partial charge in [-0.2, -0.15) is 5.26 Å². The first kappa shape index (κ1) is 14.8. The number of aromatic nitrogens is 2. The Kier molecular flexibility index (Phi) is 4.28. The third-order valence-electron chi connectivity index (χ3n) is 3.37. The van der Waals surface area contributed by atoms with E-state index in [-0.39, 0.29) is 0 Å². The maximum atomic E-state index is 8.93. The second-order valence-electron chi connectivity index (χ2n) is 4.80. The number of hydrogen-bond acceptors (Lipinski definition) is 4. The molecule has 0 N–H and O–H groups in total. The van der Waals surface area contributed by atoms with Crippen LogP contribution in [0, 0.1) is 18.3 Å². The minimum atomic E-state index is 0.603. The van der Waals surface area contributed by atoms with Crippen molar-refractivity contribution in [2.24, 2.45) is 0 Å². The van der Waals surface area contributed by atoms with Gasteiger partial charge in [-0.1, -0.05) is 41.6 Å². The number of nitrogens with zero attached hydrogens (tertiary/aromatic N) is 3. The Balaban J connectivity index is 1.91. The monoisotopic (exact) mass is 325 g/mol. The van der Waals surface area contributed by atoms with Gasteiger partial charge in [-0.3, -0.25) is 4.98 Å². The standard InChI is InChI=1S/C17H12ClN3S/c1-11-13-4-2-3-5-14(13)21-15(17(11)18)10-22-16-8-12(9-19)6-7-20-16/h2-8H,10H2,1H3. The molecule has 0 aliphatic heterocycles. The highest BCUT2D eigenvalue weighted by molar-refractivity contribution is 7.98. The number of pyridine rings is 2. The van der Waals surface area contributed by atoms with E-state index in [1.165, 1.54) is 11.8 Å². The Hall–Kier alpha value is -2.09. The lowest BCUT2D eigenvalue weighted by atomic mass is 10.1. The maximum absolute atomic E-state index is 8.93. The number of nitriles is 1. The van der Waals surface area contributed by atoms with E-state index in [1.807, 2.05) is 31.2 Å². The third-order valence-corrected chi connectivity index (χ3v) is 4.81. The Bertz CT molecular complexity index is 887. The number of benzene rings is 1. The number of rotatable bonds is 3. The minimum Gasteiger partial charge on any atom is -0.250 e. The van der Waals surface area contributed by atoms with E-state index in [0.29, 0.717) is 16.3 Å². The molecule has 3 rings (SSSR count). The fraction of sp³-hybridized carbons (Fsp3) is 0.118. The van der Waals surface area contributed by atoms with Crippen molar-refractivity contribution >= 4 is 34.3 Å². The summed E-state index contributed by atoms with van der Waals surface area (Å²) in [7, 11) is 0. The molecular weight excluding hydrogens is 314 g/mol. The van der Waals surface area contributed by atoms with Crippen LogP contribution in [0.15, 0.2) is 47.6 Å². The van der Waals surface area contributed by atoms with E-state index >= 15 is 0 Å². The van der Waals surface area contributed by atoms with Crippen molar-refractivity contribution in [2.75, 3.05) is 0 Å². The minimum absolute atomic E-state index is 0.603. The van der Waals surface area contributed by atoms with Crippen molar-refractivity contribution in [2.45, 2.75) is 17.7 Å². The van der Waals surface area contributed by atoms with E-state index in [9.17, 15) is 0 Å². The molecule has 0 aliphatic carbocycles. The fourth-order valence-electron chi connectivity index (χ4n) is 2.21. The summed E-state index contributed by atoms with van der Waals surface area (Å²) in [4.78, 5) is 8.91.